The molecule has 3 rings (SSSR count). The summed E-state index contributed by atoms with van der Waals surface area (Å²) in [5.74, 6) is 0.969. The van der Waals surface area contributed by atoms with Gasteiger partial charge in [0.05, 0.1) is 16.9 Å². The van der Waals surface area contributed by atoms with Crippen LogP contribution in [0.15, 0.2) is 42.6 Å². The smallest absolute Gasteiger partial charge is 0.249 e. The lowest BCUT2D eigenvalue weighted by Gasteiger charge is -2.12. The van der Waals surface area contributed by atoms with Gasteiger partial charge in [0.15, 0.2) is 5.82 Å². The maximum absolute atomic E-state index is 6.31. The molecular formula is C18H17Cl2N5. The second-order valence-electron chi connectivity index (χ2n) is 5.67. The van der Waals surface area contributed by atoms with Gasteiger partial charge < -0.3 is 10.6 Å². The Hall–Kier alpha value is -2.37. The zero-order valence-corrected chi connectivity index (χ0v) is 15.4. The van der Waals surface area contributed by atoms with Gasteiger partial charge in [-0.05, 0) is 42.7 Å². The average Bonchev–Trinajstić information content (AvgIpc) is 2.58. The summed E-state index contributed by atoms with van der Waals surface area (Å²) in [7, 11) is 0. The van der Waals surface area contributed by atoms with Crippen LogP contribution in [0.2, 0.25) is 10.0 Å². The van der Waals surface area contributed by atoms with Gasteiger partial charge in [-0.1, -0.05) is 47.5 Å². The van der Waals surface area contributed by atoms with Crippen molar-refractivity contribution in [2.45, 2.75) is 20.4 Å². The summed E-state index contributed by atoms with van der Waals surface area (Å²) in [5.41, 5.74) is 3.87. The standard InChI is InChI=1S/C18H17Cl2N5/c1-11-7-12(2)17(15(20)8-11)24-18-23-16(10-22-25-18)21-9-13-5-3-4-6-14(13)19/h3-8,10H,9H2,1-2H3,(H2,21,23,24,25). The van der Waals surface area contributed by atoms with Crippen LogP contribution in [-0.4, -0.2) is 15.2 Å². The van der Waals surface area contributed by atoms with Gasteiger partial charge in [0.25, 0.3) is 0 Å². The van der Waals surface area contributed by atoms with Gasteiger partial charge in [-0.3, -0.25) is 0 Å². The normalized spacial score (nSPS) is 10.6. The molecule has 0 aliphatic carbocycles. The fourth-order valence-electron chi connectivity index (χ4n) is 2.46. The highest BCUT2D eigenvalue weighted by molar-refractivity contribution is 6.33. The molecule has 0 saturated heterocycles. The Morgan fingerprint density at radius 2 is 1.84 bits per heavy atom. The van der Waals surface area contributed by atoms with E-state index in [0.717, 1.165) is 22.4 Å². The molecule has 0 aliphatic rings. The Bertz CT molecular complexity index is 875. The molecule has 0 unspecified atom stereocenters. The number of anilines is 3. The molecule has 0 atom stereocenters. The van der Waals surface area contributed by atoms with Crippen LogP contribution in [0.25, 0.3) is 0 Å². The van der Waals surface area contributed by atoms with E-state index >= 15 is 0 Å². The van der Waals surface area contributed by atoms with Gasteiger partial charge in [0.1, 0.15) is 0 Å². The SMILES string of the molecule is Cc1cc(C)c(Nc2nncc(NCc3ccccc3Cl)n2)c(Cl)c1. The lowest BCUT2D eigenvalue weighted by Crippen LogP contribution is -2.06. The quantitative estimate of drug-likeness (QED) is 0.647. The monoisotopic (exact) mass is 373 g/mol. The molecule has 0 bridgehead atoms. The third-order valence-corrected chi connectivity index (χ3v) is 4.31. The van der Waals surface area contributed by atoms with E-state index in [9.17, 15) is 0 Å². The predicted molar refractivity (Wildman–Crippen MR) is 103 cm³/mol. The topological polar surface area (TPSA) is 62.7 Å². The van der Waals surface area contributed by atoms with Gasteiger partial charge in [0.2, 0.25) is 5.95 Å². The molecule has 1 aromatic heterocycles. The summed E-state index contributed by atoms with van der Waals surface area (Å²) in [6, 6.07) is 11.6. The average molecular weight is 374 g/mol. The Labute approximate surface area is 156 Å². The first-order chi connectivity index (χ1) is 12.0. The van der Waals surface area contributed by atoms with E-state index < -0.39 is 0 Å². The number of hydrogen-bond donors (Lipinski definition) is 2. The summed E-state index contributed by atoms with van der Waals surface area (Å²) in [6.45, 7) is 4.52. The van der Waals surface area contributed by atoms with Crippen molar-refractivity contribution in [2.75, 3.05) is 10.6 Å². The molecule has 0 amide bonds. The van der Waals surface area contributed by atoms with E-state index in [1.165, 1.54) is 0 Å². The van der Waals surface area contributed by atoms with Crippen molar-refractivity contribution >= 4 is 40.7 Å². The van der Waals surface area contributed by atoms with Crippen LogP contribution in [0.4, 0.5) is 17.5 Å². The molecular weight excluding hydrogens is 357 g/mol. The van der Waals surface area contributed by atoms with Gasteiger partial charge >= 0.3 is 0 Å². The Morgan fingerprint density at radius 1 is 1.04 bits per heavy atom. The molecule has 5 nitrogen and oxygen atoms in total. The number of halogens is 2. The summed E-state index contributed by atoms with van der Waals surface area (Å²) in [4.78, 5) is 4.42. The zero-order chi connectivity index (χ0) is 17.8. The van der Waals surface area contributed by atoms with Crippen molar-refractivity contribution in [3.63, 3.8) is 0 Å². The second-order valence-corrected chi connectivity index (χ2v) is 6.49. The number of aromatic nitrogens is 3. The number of nitrogens with zero attached hydrogens (tertiary/aromatic N) is 3. The van der Waals surface area contributed by atoms with Crippen LogP contribution in [0.5, 0.6) is 0 Å². The molecule has 2 aromatic carbocycles. The molecule has 25 heavy (non-hydrogen) atoms. The summed E-state index contributed by atoms with van der Waals surface area (Å²) >= 11 is 12.5. The van der Waals surface area contributed by atoms with Crippen molar-refractivity contribution in [3.8, 4) is 0 Å². The van der Waals surface area contributed by atoms with Crippen LogP contribution in [0.3, 0.4) is 0 Å². The van der Waals surface area contributed by atoms with E-state index in [2.05, 4.69) is 25.8 Å². The maximum atomic E-state index is 6.31. The Balaban J connectivity index is 1.75. The summed E-state index contributed by atoms with van der Waals surface area (Å²) in [6.07, 6.45) is 1.56. The van der Waals surface area contributed by atoms with Crippen LogP contribution in [0, 0.1) is 13.8 Å². The zero-order valence-electron chi connectivity index (χ0n) is 13.8. The Kier molecular flexibility index (Phi) is 5.36. The minimum Gasteiger partial charge on any atom is -0.364 e. The van der Waals surface area contributed by atoms with Gasteiger partial charge in [-0.25, -0.2) is 0 Å². The number of nitrogens with one attached hydrogen (secondary N) is 2. The van der Waals surface area contributed by atoms with Crippen LogP contribution in [-0.2, 0) is 6.54 Å². The van der Waals surface area contributed by atoms with E-state index in [1.54, 1.807) is 6.20 Å². The van der Waals surface area contributed by atoms with Crippen LogP contribution >= 0.6 is 23.2 Å². The molecule has 0 spiro atoms. The summed E-state index contributed by atoms with van der Waals surface area (Å²) < 4.78 is 0. The Morgan fingerprint density at radius 3 is 2.60 bits per heavy atom. The molecule has 7 heteroatoms. The highest BCUT2D eigenvalue weighted by Crippen LogP contribution is 2.29. The van der Waals surface area contributed by atoms with Gasteiger partial charge in [-0.15, -0.1) is 5.10 Å². The first-order valence-electron chi connectivity index (χ1n) is 7.73. The summed E-state index contributed by atoms with van der Waals surface area (Å²) in [5, 5.41) is 15.7. The highest BCUT2D eigenvalue weighted by Gasteiger charge is 2.09. The van der Waals surface area contributed by atoms with E-state index in [-0.39, 0.29) is 0 Å². The van der Waals surface area contributed by atoms with E-state index in [4.69, 9.17) is 23.2 Å². The van der Waals surface area contributed by atoms with Gasteiger partial charge in [0, 0.05) is 11.6 Å². The van der Waals surface area contributed by atoms with Crippen molar-refractivity contribution < 1.29 is 0 Å². The minimum atomic E-state index is 0.373. The first kappa shape index (κ1) is 17.5. The largest absolute Gasteiger partial charge is 0.364 e. The second kappa shape index (κ2) is 7.68. The first-order valence-corrected chi connectivity index (χ1v) is 8.49. The molecule has 128 valence electrons. The molecule has 0 saturated carbocycles. The maximum Gasteiger partial charge on any atom is 0.249 e. The van der Waals surface area contributed by atoms with Crippen molar-refractivity contribution in [3.05, 3.63) is 69.3 Å². The predicted octanol–water partition coefficient (Wildman–Crippen LogP) is 5.15. The number of benzene rings is 2. The van der Waals surface area contributed by atoms with E-state index in [1.807, 2.05) is 50.2 Å². The van der Waals surface area contributed by atoms with Gasteiger partial charge in [-0.2, -0.15) is 10.1 Å². The fraction of sp³-hybridized carbons (Fsp3) is 0.167. The molecule has 0 radical (unpaired) electrons. The number of rotatable bonds is 5. The molecule has 0 fully saturated rings. The van der Waals surface area contributed by atoms with E-state index in [0.29, 0.717) is 28.4 Å². The minimum absolute atomic E-state index is 0.373. The lowest BCUT2D eigenvalue weighted by molar-refractivity contribution is 0.965. The number of hydrogen-bond acceptors (Lipinski definition) is 5. The van der Waals surface area contributed by atoms with Crippen LogP contribution in [0.1, 0.15) is 16.7 Å². The number of aryl methyl sites for hydroxylation is 2. The molecule has 0 aliphatic heterocycles. The fourth-order valence-corrected chi connectivity index (χ4v) is 3.03. The molecule has 2 N–H and O–H groups in total. The highest BCUT2D eigenvalue weighted by atomic mass is 35.5. The third-order valence-electron chi connectivity index (χ3n) is 3.65. The van der Waals surface area contributed by atoms with Crippen LogP contribution < -0.4 is 10.6 Å². The lowest BCUT2D eigenvalue weighted by atomic mass is 10.1. The molecule has 1 heterocycles. The van der Waals surface area contributed by atoms with Crippen molar-refractivity contribution in [1.82, 2.24) is 15.2 Å². The van der Waals surface area contributed by atoms with Crippen molar-refractivity contribution in [2.24, 2.45) is 0 Å². The third kappa shape index (κ3) is 4.38. The molecule has 3 aromatic rings. The van der Waals surface area contributed by atoms with Crippen molar-refractivity contribution in [1.29, 1.82) is 0 Å².